The third-order valence-corrected chi connectivity index (χ3v) is 6.36. The number of hydrogen-bond donors (Lipinski definition) is 2. The van der Waals surface area contributed by atoms with Gasteiger partial charge in [-0.15, -0.1) is 0 Å². The second kappa shape index (κ2) is 9.77. The Hall–Kier alpha value is -3.16. The zero-order chi connectivity index (χ0) is 23.5. The average Bonchev–Trinajstić information content (AvgIpc) is 2.79. The van der Waals surface area contributed by atoms with Crippen molar-refractivity contribution in [1.29, 1.82) is 0 Å². The Morgan fingerprint density at radius 1 is 1.12 bits per heavy atom. The van der Waals surface area contributed by atoms with E-state index < -0.39 is 5.91 Å². The number of nitrogens with one attached hydrogen (secondary N) is 1. The van der Waals surface area contributed by atoms with E-state index in [0.717, 1.165) is 48.7 Å². The molecule has 8 heteroatoms. The highest BCUT2D eigenvalue weighted by molar-refractivity contribution is 6.33. The minimum atomic E-state index is -0.636. The highest BCUT2D eigenvalue weighted by atomic mass is 35.5. The van der Waals surface area contributed by atoms with Crippen molar-refractivity contribution in [3.63, 3.8) is 0 Å². The summed E-state index contributed by atoms with van der Waals surface area (Å²) >= 11 is 6.61. The van der Waals surface area contributed by atoms with Gasteiger partial charge in [0, 0.05) is 44.0 Å². The highest BCUT2D eigenvalue weighted by Crippen LogP contribution is 2.33. The molecule has 2 heterocycles. The monoisotopic (exact) mass is 467 g/mol. The van der Waals surface area contributed by atoms with Crippen LogP contribution in [0.4, 0.5) is 21.5 Å². The van der Waals surface area contributed by atoms with Gasteiger partial charge in [0.05, 0.1) is 16.4 Å². The number of amides is 1. The Balaban J connectivity index is 1.60. The number of primary amides is 1. The van der Waals surface area contributed by atoms with E-state index >= 15 is 0 Å². The van der Waals surface area contributed by atoms with Crippen LogP contribution in [0.5, 0.6) is 0 Å². The summed E-state index contributed by atoms with van der Waals surface area (Å²) in [7, 11) is 2.11. The van der Waals surface area contributed by atoms with E-state index in [9.17, 15) is 9.18 Å². The number of halogens is 2. The fourth-order valence-electron chi connectivity index (χ4n) is 4.02. The number of piperazine rings is 1. The minimum Gasteiger partial charge on any atom is -0.368 e. The highest BCUT2D eigenvalue weighted by Gasteiger charge is 2.19. The molecule has 172 valence electrons. The zero-order valence-corrected chi connectivity index (χ0v) is 19.4. The zero-order valence-electron chi connectivity index (χ0n) is 18.7. The lowest BCUT2D eigenvalue weighted by molar-refractivity contribution is 0.0996. The van der Waals surface area contributed by atoms with Crippen LogP contribution in [0.25, 0.3) is 0 Å². The summed E-state index contributed by atoms with van der Waals surface area (Å²) in [5, 5.41) is 3.87. The maximum Gasteiger partial charge on any atom is 0.269 e. The first-order valence-corrected chi connectivity index (χ1v) is 11.2. The van der Waals surface area contributed by atoms with Gasteiger partial charge in [-0.05, 0) is 54.6 Å². The smallest absolute Gasteiger partial charge is 0.269 e. The molecule has 0 radical (unpaired) electrons. The molecular weight excluding hydrogens is 441 g/mol. The van der Waals surface area contributed by atoms with E-state index in [2.05, 4.69) is 27.1 Å². The molecule has 1 fully saturated rings. The van der Waals surface area contributed by atoms with Gasteiger partial charge in [0.25, 0.3) is 5.91 Å². The Labute approximate surface area is 198 Å². The van der Waals surface area contributed by atoms with Gasteiger partial charge in [-0.2, -0.15) is 0 Å². The van der Waals surface area contributed by atoms with Crippen molar-refractivity contribution < 1.29 is 9.18 Å². The first-order chi connectivity index (χ1) is 15.8. The topological polar surface area (TPSA) is 74.5 Å². The predicted molar refractivity (Wildman–Crippen MR) is 131 cm³/mol. The largest absolute Gasteiger partial charge is 0.368 e. The van der Waals surface area contributed by atoms with E-state index in [0.29, 0.717) is 10.7 Å². The van der Waals surface area contributed by atoms with Gasteiger partial charge in [0.2, 0.25) is 0 Å². The number of pyridine rings is 1. The average molecular weight is 468 g/mol. The van der Waals surface area contributed by atoms with Crippen molar-refractivity contribution in [3.8, 4) is 0 Å². The van der Waals surface area contributed by atoms with E-state index in [4.69, 9.17) is 17.3 Å². The number of nitrogens with two attached hydrogens (primary N) is 1. The van der Waals surface area contributed by atoms with Crippen molar-refractivity contribution in [2.45, 2.75) is 12.8 Å². The van der Waals surface area contributed by atoms with E-state index in [-0.39, 0.29) is 17.4 Å². The number of aromatic nitrogens is 1. The number of benzene rings is 2. The van der Waals surface area contributed by atoms with Gasteiger partial charge in [-0.25, -0.2) is 9.37 Å². The second-order valence-corrected chi connectivity index (χ2v) is 8.79. The fourth-order valence-corrected chi connectivity index (χ4v) is 4.32. The summed E-state index contributed by atoms with van der Waals surface area (Å²) < 4.78 is 13.7. The van der Waals surface area contributed by atoms with Crippen LogP contribution in [0.3, 0.4) is 0 Å². The van der Waals surface area contributed by atoms with Gasteiger partial charge in [-0.1, -0.05) is 30.7 Å². The van der Waals surface area contributed by atoms with Crippen LogP contribution >= 0.6 is 11.6 Å². The number of rotatable bonds is 6. The maximum atomic E-state index is 13.7. The summed E-state index contributed by atoms with van der Waals surface area (Å²) in [6, 6.07) is 14.0. The lowest BCUT2D eigenvalue weighted by Gasteiger charge is -2.34. The lowest BCUT2D eigenvalue weighted by atomic mass is 9.93. The summed E-state index contributed by atoms with van der Waals surface area (Å²) in [5.74, 6) is -1.06. The van der Waals surface area contributed by atoms with Crippen molar-refractivity contribution in [1.82, 2.24) is 9.88 Å². The number of anilines is 3. The predicted octanol–water partition coefficient (Wildman–Crippen LogP) is 4.62. The molecule has 3 aromatic rings. The van der Waals surface area contributed by atoms with Crippen LogP contribution in [0.1, 0.15) is 34.5 Å². The van der Waals surface area contributed by atoms with Crippen molar-refractivity contribution in [3.05, 3.63) is 82.4 Å². The fraction of sp³-hybridized carbons (Fsp3) is 0.280. The van der Waals surface area contributed by atoms with Gasteiger partial charge in [-0.3, -0.25) is 4.79 Å². The summed E-state index contributed by atoms with van der Waals surface area (Å²) in [6.45, 7) is 5.76. The van der Waals surface area contributed by atoms with E-state index in [1.165, 1.54) is 12.1 Å². The third kappa shape index (κ3) is 5.26. The van der Waals surface area contributed by atoms with Gasteiger partial charge in [0.1, 0.15) is 5.82 Å². The van der Waals surface area contributed by atoms with Crippen LogP contribution in [-0.4, -0.2) is 49.0 Å². The maximum absolute atomic E-state index is 13.7. The van der Waals surface area contributed by atoms with Crippen molar-refractivity contribution in [2.24, 2.45) is 5.73 Å². The molecule has 1 unspecified atom stereocenters. The first kappa shape index (κ1) is 23.0. The molecule has 1 saturated heterocycles. The number of carbonyl (C=O) groups is 1. The molecule has 1 atom stereocenters. The van der Waals surface area contributed by atoms with Gasteiger partial charge < -0.3 is 20.9 Å². The number of hydrogen-bond acceptors (Lipinski definition) is 5. The van der Waals surface area contributed by atoms with Gasteiger partial charge in [0.15, 0.2) is 5.69 Å². The van der Waals surface area contributed by atoms with E-state index in [1.54, 1.807) is 12.3 Å². The summed E-state index contributed by atoms with van der Waals surface area (Å²) in [5.41, 5.74) is 9.51. The van der Waals surface area contributed by atoms with Crippen LogP contribution < -0.4 is 16.0 Å². The third-order valence-electron chi connectivity index (χ3n) is 6.06. The molecule has 1 aliphatic heterocycles. The SMILES string of the molecule is CC(c1cccc(F)c1)c1cnc(C(N)=O)c(Nc2ccc(N3CCN(C)CC3)c(Cl)c2)c1. The van der Waals surface area contributed by atoms with Crippen LogP contribution in [0, 0.1) is 5.82 Å². The molecule has 0 bridgehead atoms. The molecule has 6 nitrogen and oxygen atoms in total. The van der Waals surface area contributed by atoms with Crippen LogP contribution in [0.2, 0.25) is 5.02 Å². The summed E-state index contributed by atoms with van der Waals surface area (Å²) in [4.78, 5) is 20.8. The molecule has 4 rings (SSSR count). The Morgan fingerprint density at radius 3 is 2.55 bits per heavy atom. The first-order valence-electron chi connectivity index (χ1n) is 10.9. The minimum absolute atomic E-state index is 0.126. The summed E-state index contributed by atoms with van der Waals surface area (Å²) in [6.07, 6.45) is 1.60. The molecule has 1 amide bonds. The Kier molecular flexibility index (Phi) is 6.81. The van der Waals surface area contributed by atoms with Crippen LogP contribution in [0.15, 0.2) is 54.7 Å². The Morgan fingerprint density at radius 2 is 1.88 bits per heavy atom. The van der Waals surface area contributed by atoms with Gasteiger partial charge >= 0.3 is 0 Å². The van der Waals surface area contributed by atoms with Crippen molar-refractivity contribution in [2.75, 3.05) is 43.4 Å². The molecule has 3 N–H and O–H groups in total. The molecule has 0 aliphatic carbocycles. The van der Waals surface area contributed by atoms with Crippen LogP contribution in [-0.2, 0) is 0 Å². The molecule has 33 heavy (non-hydrogen) atoms. The number of carbonyl (C=O) groups excluding carboxylic acids is 1. The second-order valence-electron chi connectivity index (χ2n) is 8.39. The quantitative estimate of drug-likeness (QED) is 0.553. The number of likely N-dealkylation sites (N-methyl/N-ethyl adjacent to an activating group) is 1. The normalized spacial score (nSPS) is 15.3. The standard InChI is InChI=1S/C25H27ClFN5O/c1-16(17-4-3-5-19(27)12-17)18-13-22(24(25(28)33)29-15-18)30-20-6-7-23(21(26)14-20)32-10-8-31(2)9-11-32/h3-7,12-16,30H,8-11H2,1-2H3,(H2,28,33). The lowest BCUT2D eigenvalue weighted by Crippen LogP contribution is -2.44. The van der Waals surface area contributed by atoms with Crippen molar-refractivity contribution >= 4 is 34.6 Å². The number of nitrogens with zero attached hydrogens (tertiary/aromatic N) is 3. The molecule has 1 aromatic heterocycles. The van der Waals surface area contributed by atoms with E-state index in [1.807, 2.05) is 37.3 Å². The molecule has 0 saturated carbocycles. The molecule has 1 aliphatic rings. The molecule has 2 aromatic carbocycles. The molecular formula is C25H27ClFN5O. The molecule has 0 spiro atoms. The Bertz CT molecular complexity index is 1160.